The highest BCUT2D eigenvalue weighted by molar-refractivity contribution is 5.86. The van der Waals surface area contributed by atoms with Gasteiger partial charge < -0.3 is 10.8 Å². The van der Waals surface area contributed by atoms with Crippen LogP contribution in [0.15, 0.2) is 4.99 Å². The predicted octanol–water partition coefficient (Wildman–Crippen LogP) is 2.30. The lowest BCUT2D eigenvalue weighted by molar-refractivity contribution is -0.132. The SMILES string of the molecule is N#CCC(C(N)=NC1C2CC3CC1CC(O)(C3)C2)N1CCCC(F)(F)C1. The summed E-state index contributed by atoms with van der Waals surface area (Å²) in [6, 6.07) is 1.63. The smallest absolute Gasteiger partial charge is 0.260 e. The quantitative estimate of drug-likeness (QED) is 0.590. The molecule has 0 aromatic carbocycles. The highest BCUT2D eigenvalue weighted by Crippen LogP contribution is 2.56. The molecule has 0 aromatic rings. The molecule has 4 bridgehead atoms. The van der Waals surface area contributed by atoms with Crippen molar-refractivity contribution >= 4 is 5.84 Å². The van der Waals surface area contributed by atoms with Crippen LogP contribution in [0.1, 0.15) is 51.4 Å². The molecule has 5 aliphatic rings. The Morgan fingerprint density at radius 3 is 2.58 bits per heavy atom. The van der Waals surface area contributed by atoms with Gasteiger partial charge in [-0.2, -0.15) is 5.26 Å². The Morgan fingerprint density at radius 1 is 1.31 bits per heavy atom. The third-order valence-corrected chi connectivity index (χ3v) is 6.98. The number of nitriles is 1. The number of piperidine rings is 1. The summed E-state index contributed by atoms with van der Waals surface area (Å²) in [6.45, 7) is 0.173. The molecule has 3 unspecified atom stereocenters. The predicted molar refractivity (Wildman–Crippen MR) is 93.7 cm³/mol. The maximum Gasteiger partial charge on any atom is 0.260 e. The van der Waals surface area contributed by atoms with Gasteiger partial charge in [-0.1, -0.05) is 0 Å². The Kier molecular flexibility index (Phi) is 4.47. The van der Waals surface area contributed by atoms with E-state index in [-0.39, 0.29) is 25.4 Å². The maximum absolute atomic E-state index is 13.8. The molecule has 1 heterocycles. The van der Waals surface area contributed by atoms with E-state index in [1.54, 1.807) is 4.90 Å². The maximum atomic E-state index is 13.8. The number of amidine groups is 1. The van der Waals surface area contributed by atoms with E-state index in [4.69, 9.17) is 10.7 Å². The first-order valence-corrected chi connectivity index (χ1v) is 9.83. The molecule has 7 heteroatoms. The molecule has 5 rings (SSSR count). The molecule has 0 radical (unpaired) electrons. The van der Waals surface area contributed by atoms with E-state index in [0.717, 1.165) is 32.1 Å². The number of rotatable bonds is 4. The van der Waals surface area contributed by atoms with Crippen molar-refractivity contribution in [3.63, 3.8) is 0 Å². The summed E-state index contributed by atoms with van der Waals surface area (Å²) < 4.78 is 27.6. The van der Waals surface area contributed by atoms with Gasteiger partial charge in [-0.15, -0.1) is 0 Å². The Bertz CT molecular complexity index is 616. The Morgan fingerprint density at radius 2 is 2.00 bits per heavy atom. The normalized spacial score (nSPS) is 43.2. The van der Waals surface area contributed by atoms with E-state index in [1.165, 1.54) is 0 Å². The molecule has 1 saturated heterocycles. The van der Waals surface area contributed by atoms with Crippen molar-refractivity contribution in [1.29, 1.82) is 5.26 Å². The Hall–Kier alpha value is -1.26. The average molecular weight is 366 g/mol. The second kappa shape index (κ2) is 6.42. The molecule has 144 valence electrons. The van der Waals surface area contributed by atoms with E-state index >= 15 is 0 Å². The lowest BCUT2D eigenvalue weighted by Crippen LogP contribution is -2.57. The van der Waals surface area contributed by atoms with Crippen molar-refractivity contribution in [2.75, 3.05) is 13.1 Å². The molecular formula is C19H28F2N4O. The van der Waals surface area contributed by atoms with Crippen LogP contribution in [0, 0.1) is 29.1 Å². The van der Waals surface area contributed by atoms with Gasteiger partial charge >= 0.3 is 0 Å². The fraction of sp³-hybridized carbons (Fsp3) is 0.895. The van der Waals surface area contributed by atoms with Crippen molar-refractivity contribution in [2.45, 2.75) is 75.0 Å². The number of alkyl halides is 2. The number of hydrogen-bond donors (Lipinski definition) is 2. The molecule has 4 aliphatic carbocycles. The summed E-state index contributed by atoms with van der Waals surface area (Å²) in [5.41, 5.74) is 5.76. The highest BCUT2D eigenvalue weighted by atomic mass is 19.3. The summed E-state index contributed by atoms with van der Waals surface area (Å²) in [7, 11) is 0. The lowest BCUT2D eigenvalue weighted by atomic mass is 9.52. The molecule has 3 N–H and O–H groups in total. The number of likely N-dealkylation sites (tertiary alicyclic amines) is 1. The van der Waals surface area contributed by atoms with Crippen LogP contribution in [-0.4, -0.2) is 52.5 Å². The first-order valence-electron chi connectivity index (χ1n) is 9.83. The van der Waals surface area contributed by atoms with Gasteiger partial charge in [-0.25, -0.2) is 8.78 Å². The third-order valence-electron chi connectivity index (χ3n) is 6.98. The zero-order chi connectivity index (χ0) is 18.5. The minimum Gasteiger partial charge on any atom is -0.390 e. The first-order chi connectivity index (χ1) is 12.3. The molecule has 26 heavy (non-hydrogen) atoms. The topological polar surface area (TPSA) is 85.6 Å². The van der Waals surface area contributed by atoms with Gasteiger partial charge in [0.2, 0.25) is 0 Å². The number of nitrogens with two attached hydrogens (primary N) is 1. The monoisotopic (exact) mass is 366 g/mol. The van der Waals surface area contributed by atoms with Crippen LogP contribution in [0.25, 0.3) is 0 Å². The standard InChI is InChI=1S/C19H28F2N4O/c20-19(21)3-1-5-25(11-19)15(2-4-22)17(23)24-16-13-6-12-7-14(16)10-18(26,8-12)9-13/h12-16,26H,1-3,5-11H2,(H2,23,24). The van der Waals surface area contributed by atoms with Gasteiger partial charge in [0, 0.05) is 6.42 Å². The Balaban J connectivity index is 1.53. The second-order valence-electron chi connectivity index (χ2n) is 9.05. The minimum absolute atomic E-state index is 0.0679. The molecule has 3 atom stereocenters. The summed E-state index contributed by atoms with van der Waals surface area (Å²) in [4.78, 5) is 6.43. The van der Waals surface area contributed by atoms with Gasteiger partial charge in [0.1, 0.15) is 5.84 Å². The van der Waals surface area contributed by atoms with E-state index in [1.807, 2.05) is 0 Å². The van der Waals surface area contributed by atoms with Crippen LogP contribution in [0.4, 0.5) is 8.78 Å². The molecule has 0 spiro atoms. The molecule has 4 saturated carbocycles. The van der Waals surface area contributed by atoms with Gasteiger partial charge in [-0.05, 0) is 62.8 Å². The number of nitrogens with zero attached hydrogens (tertiary/aromatic N) is 3. The van der Waals surface area contributed by atoms with Crippen molar-refractivity contribution in [2.24, 2.45) is 28.5 Å². The fourth-order valence-corrected chi connectivity index (χ4v) is 6.19. The second-order valence-corrected chi connectivity index (χ2v) is 9.05. The molecule has 5 nitrogen and oxygen atoms in total. The Labute approximate surface area is 153 Å². The largest absolute Gasteiger partial charge is 0.390 e. The molecule has 5 fully saturated rings. The van der Waals surface area contributed by atoms with Gasteiger partial charge in [-0.3, -0.25) is 9.89 Å². The lowest BCUT2D eigenvalue weighted by Gasteiger charge is -2.57. The number of aliphatic imine (C=N–C) groups is 1. The van der Waals surface area contributed by atoms with Crippen LogP contribution in [0.2, 0.25) is 0 Å². The van der Waals surface area contributed by atoms with Gasteiger partial charge in [0.15, 0.2) is 0 Å². The fourth-order valence-electron chi connectivity index (χ4n) is 6.19. The summed E-state index contributed by atoms with van der Waals surface area (Å²) in [6.07, 6.45) is 4.98. The molecule has 0 aromatic heterocycles. The van der Waals surface area contributed by atoms with Crippen LogP contribution in [0.3, 0.4) is 0 Å². The van der Waals surface area contributed by atoms with Crippen molar-refractivity contribution < 1.29 is 13.9 Å². The summed E-state index contributed by atoms with van der Waals surface area (Å²) in [5, 5.41) is 19.9. The zero-order valence-electron chi connectivity index (χ0n) is 15.1. The minimum atomic E-state index is -2.72. The number of hydrogen-bond acceptors (Lipinski definition) is 4. The van der Waals surface area contributed by atoms with Gasteiger partial charge in [0.25, 0.3) is 5.92 Å². The van der Waals surface area contributed by atoms with E-state index in [0.29, 0.717) is 36.6 Å². The van der Waals surface area contributed by atoms with Crippen molar-refractivity contribution in [3.8, 4) is 6.07 Å². The number of aliphatic hydroxyl groups is 1. The third kappa shape index (κ3) is 3.34. The van der Waals surface area contributed by atoms with Crippen LogP contribution in [-0.2, 0) is 0 Å². The molecule has 1 aliphatic heterocycles. The van der Waals surface area contributed by atoms with Crippen LogP contribution in [0.5, 0.6) is 0 Å². The zero-order valence-corrected chi connectivity index (χ0v) is 15.1. The van der Waals surface area contributed by atoms with Crippen molar-refractivity contribution in [1.82, 2.24) is 4.90 Å². The molecular weight excluding hydrogens is 338 g/mol. The average Bonchev–Trinajstić information content (AvgIpc) is 2.53. The molecule has 0 amide bonds. The van der Waals surface area contributed by atoms with E-state index < -0.39 is 17.6 Å². The van der Waals surface area contributed by atoms with Gasteiger partial charge in [0.05, 0.1) is 36.7 Å². The highest BCUT2D eigenvalue weighted by Gasteiger charge is 2.55. The van der Waals surface area contributed by atoms with E-state index in [2.05, 4.69) is 6.07 Å². The van der Waals surface area contributed by atoms with E-state index in [9.17, 15) is 19.1 Å². The van der Waals surface area contributed by atoms with Crippen molar-refractivity contribution in [3.05, 3.63) is 0 Å². The summed E-state index contributed by atoms with van der Waals surface area (Å²) in [5.74, 6) is -1.15. The summed E-state index contributed by atoms with van der Waals surface area (Å²) >= 11 is 0. The first kappa shape index (κ1) is 18.1. The van der Waals surface area contributed by atoms with Crippen LogP contribution < -0.4 is 5.73 Å². The van der Waals surface area contributed by atoms with Crippen LogP contribution >= 0.6 is 0 Å². The number of halogens is 2.